The van der Waals surface area contributed by atoms with Gasteiger partial charge in [0.15, 0.2) is 0 Å². The van der Waals surface area contributed by atoms with Crippen molar-refractivity contribution in [3.05, 3.63) is 36.3 Å². The zero-order chi connectivity index (χ0) is 11.9. The number of anilines is 2. The molecule has 0 aliphatic heterocycles. The third kappa shape index (κ3) is 3.37. The van der Waals surface area contributed by atoms with Crippen LogP contribution in [0, 0.1) is 0 Å². The van der Waals surface area contributed by atoms with Gasteiger partial charge in [0.2, 0.25) is 5.95 Å². The second-order valence-electron chi connectivity index (χ2n) is 3.36. The molecule has 6 nitrogen and oxygen atoms in total. The molecular formula is C11H14N6. The van der Waals surface area contributed by atoms with Crippen LogP contribution in [0.1, 0.15) is 12.6 Å². The Hall–Kier alpha value is -2.24. The summed E-state index contributed by atoms with van der Waals surface area (Å²) in [6, 6.07) is 5.58. The van der Waals surface area contributed by atoms with Crippen LogP contribution in [0.25, 0.3) is 0 Å². The molecule has 0 unspecified atom stereocenters. The summed E-state index contributed by atoms with van der Waals surface area (Å²) >= 11 is 0. The number of nitrogens with one attached hydrogen (secondary N) is 2. The van der Waals surface area contributed by atoms with E-state index < -0.39 is 0 Å². The quantitative estimate of drug-likeness (QED) is 0.806. The lowest BCUT2D eigenvalue weighted by atomic mass is 10.4. The fraction of sp³-hybridized carbons (Fsp3) is 0.273. The molecule has 0 spiro atoms. The molecule has 6 heteroatoms. The number of hydrogen-bond donors (Lipinski definition) is 2. The molecule has 0 radical (unpaired) electrons. The molecule has 0 atom stereocenters. The minimum absolute atomic E-state index is 0.594. The summed E-state index contributed by atoms with van der Waals surface area (Å²) in [5.74, 6) is 1.39. The molecule has 0 saturated heterocycles. The predicted octanol–water partition coefficient (Wildman–Crippen LogP) is 1.31. The van der Waals surface area contributed by atoms with Crippen LogP contribution in [-0.4, -0.2) is 26.7 Å². The van der Waals surface area contributed by atoms with E-state index >= 15 is 0 Å². The fourth-order valence-electron chi connectivity index (χ4n) is 1.31. The van der Waals surface area contributed by atoms with Crippen molar-refractivity contribution in [2.24, 2.45) is 0 Å². The van der Waals surface area contributed by atoms with Gasteiger partial charge in [-0.1, -0.05) is 0 Å². The van der Waals surface area contributed by atoms with Crippen molar-refractivity contribution < 1.29 is 0 Å². The lowest BCUT2D eigenvalue weighted by Gasteiger charge is -2.06. The largest absolute Gasteiger partial charge is 0.364 e. The Morgan fingerprint density at radius 1 is 1.18 bits per heavy atom. The van der Waals surface area contributed by atoms with Crippen LogP contribution < -0.4 is 10.6 Å². The van der Waals surface area contributed by atoms with Crippen molar-refractivity contribution in [2.45, 2.75) is 13.5 Å². The van der Waals surface area contributed by atoms with E-state index in [0.717, 1.165) is 18.1 Å². The van der Waals surface area contributed by atoms with Gasteiger partial charge in [0, 0.05) is 18.9 Å². The zero-order valence-electron chi connectivity index (χ0n) is 9.59. The molecule has 0 saturated carbocycles. The van der Waals surface area contributed by atoms with Crippen LogP contribution in [-0.2, 0) is 6.54 Å². The predicted molar refractivity (Wildman–Crippen MR) is 65.6 cm³/mol. The Labute approximate surface area is 99.5 Å². The standard InChI is InChI=1S/C11H14N6/c1-2-12-11-13-7-5-10(16-11)14-8-9-4-3-6-15-17-9/h3-7H,2,8H2,1H3,(H2,12,13,14,16). The number of rotatable bonds is 5. The van der Waals surface area contributed by atoms with Crippen molar-refractivity contribution in [2.75, 3.05) is 17.2 Å². The highest BCUT2D eigenvalue weighted by molar-refractivity contribution is 5.39. The lowest BCUT2D eigenvalue weighted by Crippen LogP contribution is -2.07. The van der Waals surface area contributed by atoms with Gasteiger partial charge in [0.05, 0.1) is 12.2 Å². The topological polar surface area (TPSA) is 75.6 Å². The van der Waals surface area contributed by atoms with Crippen LogP contribution in [0.4, 0.5) is 11.8 Å². The second-order valence-corrected chi connectivity index (χ2v) is 3.36. The van der Waals surface area contributed by atoms with Gasteiger partial charge in [0.1, 0.15) is 5.82 Å². The summed E-state index contributed by atoms with van der Waals surface area (Å²) in [4.78, 5) is 8.39. The summed E-state index contributed by atoms with van der Waals surface area (Å²) in [6.07, 6.45) is 3.36. The van der Waals surface area contributed by atoms with Crippen LogP contribution in [0.3, 0.4) is 0 Å². The molecular weight excluding hydrogens is 216 g/mol. The molecule has 0 amide bonds. The smallest absolute Gasteiger partial charge is 0.224 e. The minimum atomic E-state index is 0.594. The Morgan fingerprint density at radius 2 is 2.12 bits per heavy atom. The van der Waals surface area contributed by atoms with Crippen LogP contribution in [0.5, 0.6) is 0 Å². The van der Waals surface area contributed by atoms with E-state index in [1.807, 2.05) is 25.1 Å². The first-order valence-electron chi connectivity index (χ1n) is 5.46. The summed E-state index contributed by atoms with van der Waals surface area (Å²) < 4.78 is 0. The molecule has 0 aliphatic rings. The average molecular weight is 230 g/mol. The first kappa shape index (κ1) is 11.3. The summed E-state index contributed by atoms with van der Waals surface area (Å²) in [6.45, 7) is 3.40. The molecule has 0 fully saturated rings. The number of hydrogen-bond acceptors (Lipinski definition) is 6. The first-order chi connectivity index (χ1) is 8.38. The van der Waals surface area contributed by atoms with E-state index in [2.05, 4.69) is 30.8 Å². The zero-order valence-corrected chi connectivity index (χ0v) is 9.59. The van der Waals surface area contributed by atoms with Gasteiger partial charge in [-0.25, -0.2) is 4.98 Å². The molecule has 2 heterocycles. The maximum Gasteiger partial charge on any atom is 0.224 e. The molecule has 2 aromatic rings. The molecule has 0 bridgehead atoms. The molecule has 2 aromatic heterocycles. The van der Waals surface area contributed by atoms with Crippen molar-refractivity contribution >= 4 is 11.8 Å². The molecule has 0 aromatic carbocycles. The number of nitrogens with zero attached hydrogens (tertiary/aromatic N) is 4. The fourth-order valence-corrected chi connectivity index (χ4v) is 1.31. The Morgan fingerprint density at radius 3 is 2.88 bits per heavy atom. The first-order valence-corrected chi connectivity index (χ1v) is 5.46. The highest BCUT2D eigenvalue weighted by atomic mass is 15.1. The van der Waals surface area contributed by atoms with Crippen LogP contribution >= 0.6 is 0 Å². The Bertz CT molecular complexity index is 459. The normalized spacial score (nSPS) is 9.94. The van der Waals surface area contributed by atoms with E-state index in [1.165, 1.54) is 0 Å². The Kier molecular flexibility index (Phi) is 3.80. The van der Waals surface area contributed by atoms with Gasteiger partial charge in [-0.2, -0.15) is 15.2 Å². The van der Waals surface area contributed by atoms with Crippen molar-refractivity contribution in [1.29, 1.82) is 0 Å². The van der Waals surface area contributed by atoms with Crippen molar-refractivity contribution in [3.8, 4) is 0 Å². The van der Waals surface area contributed by atoms with Crippen LogP contribution in [0.15, 0.2) is 30.6 Å². The van der Waals surface area contributed by atoms with Crippen molar-refractivity contribution in [1.82, 2.24) is 20.2 Å². The Balaban J connectivity index is 1.97. The highest BCUT2D eigenvalue weighted by Gasteiger charge is 1.98. The summed E-state index contributed by atoms with van der Waals surface area (Å²) in [5, 5.41) is 14.0. The molecule has 88 valence electrons. The van der Waals surface area contributed by atoms with Crippen LogP contribution in [0.2, 0.25) is 0 Å². The van der Waals surface area contributed by atoms with Crippen molar-refractivity contribution in [3.63, 3.8) is 0 Å². The maximum atomic E-state index is 4.30. The van der Waals surface area contributed by atoms with Gasteiger partial charge in [-0.15, -0.1) is 0 Å². The van der Waals surface area contributed by atoms with E-state index in [1.54, 1.807) is 12.4 Å². The molecule has 0 aliphatic carbocycles. The van der Waals surface area contributed by atoms with Gasteiger partial charge in [0.25, 0.3) is 0 Å². The third-order valence-corrected chi connectivity index (χ3v) is 2.07. The number of aromatic nitrogens is 4. The molecule has 17 heavy (non-hydrogen) atoms. The summed E-state index contributed by atoms with van der Waals surface area (Å²) in [7, 11) is 0. The second kappa shape index (κ2) is 5.74. The van der Waals surface area contributed by atoms with Gasteiger partial charge in [-0.3, -0.25) is 0 Å². The van der Waals surface area contributed by atoms with Gasteiger partial charge < -0.3 is 10.6 Å². The van der Waals surface area contributed by atoms with E-state index in [4.69, 9.17) is 0 Å². The molecule has 2 N–H and O–H groups in total. The lowest BCUT2D eigenvalue weighted by molar-refractivity contribution is 0.919. The summed E-state index contributed by atoms with van der Waals surface area (Å²) in [5.41, 5.74) is 0.871. The highest BCUT2D eigenvalue weighted by Crippen LogP contribution is 2.06. The van der Waals surface area contributed by atoms with E-state index in [-0.39, 0.29) is 0 Å². The van der Waals surface area contributed by atoms with Gasteiger partial charge >= 0.3 is 0 Å². The van der Waals surface area contributed by atoms with E-state index in [9.17, 15) is 0 Å². The minimum Gasteiger partial charge on any atom is -0.364 e. The maximum absolute atomic E-state index is 4.30. The van der Waals surface area contributed by atoms with E-state index in [0.29, 0.717) is 12.5 Å². The average Bonchev–Trinajstić information content (AvgIpc) is 2.39. The van der Waals surface area contributed by atoms with Gasteiger partial charge in [-0.05, 0) is 25.1 Å². The monoisotopic (exact) mass is 230 g/mol. The third-order valence-electron chi connectivity index (χ3n) is 2.07. The molecule has 2 rings (SSSR count). The SMILES string of the molecule is CCNc1nccc(NCc2cccnn2)n1.